The minimum Gasteiger partial charge on any atom is -0.465 e. The van der Waals surface area contributed by atoms with Crippen LogP contribution in [0.25, 0.3) is 11.1 Å². The van der Waals surface area contributed by atoms with Crippen LogP contribution >= 0.6 is 23.2 Å². The van der Waals surface area contributed by atoms with Gasteiger partial charge < -0.3 is 14.2 Å². The second kappa shape index (κ2) is 10.4. The molecule has 1 heterocycles. The third-order valence-corrected chi connectivity index (χ3v) is 5.06. The van der Waals surface area contributed by atoms with Crippen LogP contribution in [-0.2, 0) is 19.0 Å². The van der Waals surface area contributed by atoms with Crippen molar-refractivity contribution in [1.29, 1.82) is 0 Å². The number of hydrogen-bond acceptors (Lipinski definition) is 7. The molecular formula is C21H21Cl2NO6. The molecule has 0 unspecified atom stereocenters. The van der Waals surface area contributed by atoms with Crippen molar-refractivity contribution in [3.05, 3.63) is 50.8 Å². The van der Waals surface area contributed by atoms with Crippen LogP contribution in [-0.4, -0.2) is 36.8 Å². The molecule has 0 saturated carbocycles. The molecule has 7 nitrogen and oxygen atoms in total. The Kier molecular flexibility index (Phi) is 8.20. The van der Waals surface area contributed by atoms with Gasteiger partial charge in [-0.2, -0.15) is 0 Å². The predicted molar refractivity (Wildman–Crippen MR) is 112 cm³/mol. The molecular weight excluding hydrogens is 433 g/mol. The average Bonchev–Trinajstić information content (AvgIpc) is 2.69. The number of esters is 3. The van der Waals surface area contributed by atoms with E-state index in [0.717, 1.165) is 0 Å². The fourth-order valence-corrected chi connectivity index (χ4v) is 3.31. The molecule has 2 aromatic rings. The highest BCUT2D eigenvalue weighted by atomic mass is 35.5. The molecule has 0 bridgehead atoms. The van der Waals surface area contributed by atoms with Gasteiger partial charge in [0.15, 0.2) is 0 Å². The summed E-state index contributed by atoms with van der Waals surface area (Å²) < 4.78 is 14.9. The van der Waals surface area contributed by atoms with Gasteiger partial charge in [-0.1, -0.05) is 42.3 Å². The van der Waals surface area contributed by atoms with E-state index in [1.807, 2.05) is 6.92 Å². The zero-order chi connectivity index (χ0) is 22.4. The number of halogens is 2. The number of carbonyl (C=O) groups is 3. The monoisotopic (exact) mass is 453 g/mol. The summed E-state index contributed by atoms with van der Waals surface area (Å²) in [5.41, 5.74) is 1.23. The van der Waals surface area contributed by atoms with E-state index in [9.17, 15) is 14.4 Å². The van der Waals surface area contributed by atoms with Gasteiger partial charge in [0, 0.05) is 17.5 Å². The smallest absolute Gasteiger partial charge is 0.343 e. The van der Waals surface area contributed by atoms with Crippen molar-refractivity contribution in [1.82, 2.24) is 4.98 Å². The van der Waals surface area contributed by atoms with Crippen LogP contribution < -0.4 is 0 Å². The summed E-state index contributed by atoms with van der Waals surface area (Å²) in [6, 6.07) is 4.83. The van der Waals surface area contributed by atoms with Crippen LogP contribution in [0.5, 0.6) is 0 Å². The molecule has 9 heteroatoms. The topological polar surface area (TPSA) is 91.8 Å². The number of rotatable bonds is 7. The zero-order valence-corrected chi connectivity index (χ0v) is 18.5. The minimum absolute atomic E-state index is 0.00305. The summed E-state index contributed by atoms with van der Waals surface area (Å²) in [5, 5.41) is 0.391. The van der Waals surface area contributed by atoms with Crippen molar-refractivity contribution in [3.63, 3.8) is 0 Å². The summed E-state index contributed by atoms with van der Waals surface area (Å²) >= 11 is 12.5. The summed E-state index contributed by atoms with van der Waals surface area (Å²) in [7, 11) is 1.22. The molecule has 160 valence electrons. The first-order valence-electron chi connectivity index (χ1n) is 9.09. The number of pyridine rings is 1. The third-order valence-electron chi connectivity index (χ3n) is 4.24. The number of carbonyl (C=O) groups excluding carboxylic acids is 3. The number of ether oxygens (including phenoxy) is 3. The van der Waals surface area contributed by atoms with Crippen molar-refractivity contribution < 1.29 is 28.6 Å². The first kappa shape index (κ1) is 23.6. The fourth-order valence-electron chi connectivity index (χ4n) is 2.92. The number of aryl methyl sites for hydroxylation is 2. The zero-order valence-electron chi connectivity index (χ0n) is 17.0. The van der Waals surface area contributed by atoms with Crippen LogP contribution in [0.3, 0.4) is 0 Å². The Morgan fingerprint density at radius 3 is 2.23 bits per heavy atom. The van der Waals surface area contributed by atoms with Gasteiger partial charge in [0.05, 0.1) is 39.7 Å². The number of nitrogens with zero attached hydrogens (tertiary/aromatic N) is 1. The Labute approximate surface area is 184 Å². The molecule has 0 atom stereocenters. The molecule has 0 saturated heterocycles. The summed E-state index contributed by atoms with van der Waals surface area (Å²) in [6.45, 7) is 4.46. The van der Waals surface area contributed by atoms with E-state index in [2.05, 4.69) is 4.98 Å². The highest BCUT2D eigenvalue weighted by Crippen LogP contribution is 2.39. The Hall–Kier alpha value is -2.64. The lowest BCUT2D eigenvalue weighted by atomic mass is 9.92. The van der Waals surface area contributed by atoms with Crippen molar-refractivity contribution >= 4 is 41.1 Å². The molecule has 0 radical (unpaired) electrons. The lowest BCUT2D eigenvalue weighted by Crippen LogP contribution is -2.18. The van der Waals surface area contributed by atoms with Gasteiger partial charge >= 0.3 is 17.9 Å². The number of methoxy groups -OCH3 is 1. The Morgan fingerprint density at radius 2 is 1.63 bits per heavy atom. The van der Waals surface area contributed by atoms with Gasteiger partial charge in [-0.3, -0.25) is 9.78 Å². The Bertz CT molecular complexity index is 990. The number of aromatic nitrogens is 1. The van der Waals surface area contributed by atoms with E-state index < -0.39 is 24.7 Å². The Morgan fingerprint density at radius 1 is 1.00 bits per heavy atom. The second-order valence-corrected chi connectivity index (χ2v) is 7.10. The van der Waals surface area contributed by atoms with Crippen molar-refractivity contribution in [2.75, 3.05) is 13.9 Å². The average molecular weight is 454 g/mol. The van der Waals surface area contributed by atoms with Crippen LogP contribution in [0.1, 0.15) is 51.9 Å². The van der Waals surface area contributed by atoms with E-state index in [4.69, 9.17) is 37.4 Å². The van der Waals surface area contributed by atoms with E-state index in [0.29, 0.717) is 23.4 Å². The molecule has 30 heavy (non-hydrogen) atoms. The van der Waals surface area contributed by atoms with Gasteiger partial charge in [0.2, 0.25) is 6.79 Å². The van der Waals surface area contributed by atoms with E-state index in [1.165, 1.54) is 7.11 Å². The van der Waals surface area contributed by atoms with Crippen molar-refractivity contribution in [3.8, 4) is 11.1 Å². The lowest BCUT2D eigenvalue weighted by molar-refractivity contribution is -0.152. The normalized spacial score (nSPS) is 10.5. The first-order valence-corrected chi connectivity index (χ1v) is 9.85. The summed E-state index contributed by atoms with van der Waals surface area (Å²) in [6.07, 6.45) is 0.812. The molecule has 0 amide bonds. The molecule has 0 spiro atoms. The number of hydrogen-bond donors (Lipinski definition) is 0. The maximum Gasteiger partial charge on any atom is 0.343 e. The molecule has 0 N–H and O–H groups in total. The van der Waals surface area contributed by atoms with Crippen LogP contribution in [0, 0.1) is 13.8 Å². The Balaban J connectivity index is 2.62. The molecule has 1 aromatic heterocycles. The van der Waals surface area contributed by atoms with Gasteiger partial charge in [-0.05, 0) is 26.3 Å². The maximum absolute atomic E-state index is 12.9. The van der Waals surface area contributed by atoms with E-state index in [-0.39, 0.29) is 33.2 Å². The van der Waals surface area contributed by atoms with Gasteiger partial charge in [-0.25, -0.2) is 9.59 Å². The highest BCUT2D eigenvalue weighted by molar-refractivity contribution is 6.44. The molecule has 0 aliphatic rings. The molecule has 0 fully saturated rings. The first-order chi connectivity index (χ1) is 14.2. The van der Waals surface area contributed by atoms with E-state index >= 15 is 0 Å². The third kappa shape index (κ3) is 5.09. The maximum atomic E-state index is 12.9. The quantitative estimate of drug-likeness (QED) is 0.433. The van der Waals surface area contributed by atoms with Crippen LogP contribution in [0.4, 0.5) is 0 Å². The SMILES string of the molecule is CCCC(=O)OCOC(=O)c1c(C)nc(C)c(C(=O)OC)c1-c1cccc(Cl)c1Cl. The number of benzene rings is 1. The highest BCUT2D eigenvalue weighted by Gasteiger charge is 2.29. The van der Waals surface area contributed by atoms with Crippen LogP contribution in [0.15, 0.2) is 18.2 Å². The van der Waals surface area contributed by atoms with Gasteiger partial charge in [-0.15, -0.1) is 0 Å². The molecule has 0 aliphatic heterocycles. The standard InChI is InChI=1S/C21H21Cl2NO6/c1-5-7-15(25)29-10-30-21(27)17-12(3)24-11(2)16(20(26)28-4)18(17)13-8-6-9-14(22)19(13)23/h6,8-9H,5,7,10H2,1-4H3. The molecule has 2 rings (SSSR count). The predicted octanol–water partition coefficient (Wildman–Crippen LogP) is 4.92. The largest absolute Gasteiger partial charge is 0.465 e. The van der Waals surface area contributed by atoms with E-state index in [1.54, 1.807) is 32.0 Å². The fraction of sp³-hybridized carbons (Fsp3) is 0.333. The summed E-state index contributed by atoms with van der Waals surface area (Å²) in [5.74, 6) is -2.02. The molecule has 0 aliphatic carbocycles. The second-order valence-electron chi connectivity index (χ2n) is 6.32. The van der Waals surface area contributed by atoms with Gasteiger partial charge in [0.1, 0.15) is 0 Å². The molecule has 1 aromatic carbocycles. The lowest BCUT2D eigenvalue weighted by Gasteiger charge is -2.18. The van der Waals surface area contributed by atoms with Crippen molar-refractivity contribution in [2.24, 2.45) is 0 Å². The summed E-state index contributed by atoms with van der Waals surface area (Å²) in [4.78, 5) is 41.2. The van der Waals surface area contributed by atoms with Crippen LogP contribution in [0.2, 0.25) is 10.0 Å². The van der Waals surface area contributed by atoms with Crippen molar-refractivity contribution in [2.45, 2.75) is 33.6 Å². The van der Waals surface area contributed by atoms with Gasteiger partial charge in [0.25, 0.3) is 0 Å². The minimum atomic E-state index is -0.833.